The summed E-state index contributed by atoms with van der Waals surface area (Å²) in [5.41, 5.74) is 14.0. The van der Waals surface area contributed by atoms with Crippen molar-refractivity contribution < 1.29 is 0 Å². The molecule has 12 aromatic carbocycles. The van der Waals surface area contributed by atoms with Gasteiger partial charge in [-0.05, 0) is 132 Å². The molecule has 1 aromatic heterocycles. The van der Waals surface area contributed by atoms with Crippen molar-refractivity contribution in [1.82, 2.24) is 4.57 Å². The Bertz CT molecular complexity index is 3940. The standard InChI is InChI=1S/C70H50N2Si/c1-6-21-52(22-7-1)64-35-18-23-53-39-40-55(49-67(53)64)51-41-45-57(46-42-51)71(59-26-19-33-63(50-59)73(60-27-10-3-11-28-60,61-29-12-4-13-30-61)62-31-14-5-15-32-62)58-47-43-54(44-48-58)65-36-20-38-69-70(65)66-34-16-17-37-68(66)72(69)56-24-8-2-9-25-56/h1-50H. The summed E-state index contributed by atoms with van der Waals surface area (Å²) < 4.78 is 2.39. The number of nitrogens with zero attached hydrogens (tertiary/aromatic N) is 2. The van der Waals surface area contributed by atoms with Crippen LogP contribution in [0.3, 0.4) is 0 Å². The zero-order valence-electron chi connectivity index (χ0n) is 40.3. The Labute approximate surface area is 428 Å². The molecule has 0 fully saturated rings. The van der Waals surface area contributed by atoms with Crippen molar-refractivity contribution in [3.63, 3.8) is 0 Å². The Kier molecular flexibility index (Phi) is 11.3. The van der Waals surface area contributed by atoms with Crippen LogP contribution in [-0.4, -0.2) is 12.6 Å². The first kappa shape index (κ1) is 43.7. The monoisotopic (exact) mass is 946 g/mol. The fourth-order valence-corrected chi connectivity index (χ4v) is 16.2. The molecule has 0 saturated carbocycles. The molecule has 0 saturated heterocycles. The number of para-hydroxylation sites is 2. The quantitative estimate of drug-likeness (QED) is 0.0926. The zero-order chi connectivity index (χ0) is 48.6. The van der Waals surface area contributed by atoms with Gasteiger partial charge in [0.1, 0.15) is 0 Å². The molecule has 0 spiro atoms. The first-order chi connectivity index (χ1) is 36.2. The number of anilines is 3. The van der Waals surface area contributed by atoms with E-state index in [1.807, 2.05) is 0 Å². The number of rotatable bonds is 11. The van der Waals surface area contributed by atoms with Gasteiger partial charge in [-0.3, -0.25) is 0 Å². The predicted molar refractivity (Wildman–Crippen MR) is 313 cm³/mol. The van der Waals surface area contributed by atoms with Gasteiger partial charge in [0, 0.05) is 33.5 Å². The summed E-state index contributed by atoms with van der Waals surface area (Å²) in [7, 11) is -2.84. The van der Waals surface area contributed by atoms with Crippen molar-refractivity contribution >= 4 is 78.5 Å². The Balaban J connectivity index is 0.971. The van der Waals surface area contributed by atoms with Gasteiger partial charge in [-0.1, -0.05) is 237 Å². The van der Waals surface area contributed by atoms with Gasteiger partial charge in [0.25, 0.3) is 0 Å². The Morgan fingerprint density at radius 3 is 1.40 bits per heavy atom. The molecule has 0 amide bonds. The molecule has 0 N–H and O–H groups in total. The van der Waals surface area contributed by atoms with E-state index in [0.29, 0.717) is 0 Å². The van der Waals surface area contributed by atoms with Crippen molar-refractivity contribution in [2.75, 3.05) is 4.90 Å². The molecular weight excluding hydrogens is 897 g/mol. The normalized spacial score (nSPS) is 11.6. The van der Waals surface area contributed by atoms with Crippen LogP contribution in [0.4, 0.5) is 17.1 Å². The van der Waals surface area contributed by atoms with Crippen LogP contribution >= 0.6 is 0 Å². The van der Waals surface area contributed by atoms with Crippen LogP contribution in [-0.2, 0) is 0 Å². The van der Waals surface area contributed by atoms with E-state index in [2.05, 4.69) is 313 Å². The zero-order valence-corrected chi connectivity index (χ0v) is 41.3. The van der Waals surface area contributed by atoms with Crippen LogP contribution in [0.25, 0.3) is 71.6 Å². The highest BCUT2D eigenvalue weighted by atomic mass is 28.3. The van der Waals surface area contributed by atoms with Crippen LogP contribution in [0.2, 0.25) is 0 Å². The predicted octanol–water partition coefficient (Wildman–Crippen LogP) is 15.8. The van der Waals surface area contributed by atoms with Crippen molar-refractivity contribution in [3.8, 4) is 39.1 Å². The highest BCUT2D eigenvalue weighted by Crippen LogP contribution is 2.41. The lowest BCUT2D eigenvalue weighted by Gasteiger charge is -2.35. The summed E-state index contributed by atoms with van der Waals surface area (Å²) in [6, 6.07) is 112. The molecule has 73 heavy (non-hydrogen) atoms. The number of hydrogen-bond donors (Lipinski definition) is 0. The van der Waals surface area contributed by atoms with E-state index >= 15 is 0 Å². The van der Waals surface area contributed by atoms with Crippen molar-refractivity contribution in [1.29, 1.82) is 0 Å². The maximum Gasteiger partial charge on any atom is 0.179 e. The molecule has 0 bridgehead atoms. The van der Waals surface area contributed by atoms with E-state index in [4.69, 9.17) is 0 Å². The molecule has 0 aliphatic heterocycles. The van der Waals surface area contributed by atoms with Gasteiger partial charge in [0.2, 0.25) is 0 Å². The van der Waals surface area contributed by atoms with Gasteiger partial charge in [-0.15, -0.1) is 0 Å². The second-order valence-electron chi connectivity index (χ2n) is 18.8. The van der Waals surface area contributed by atoms with E-state index in [1.54, 1.807) is 0 Å². The topological polar surface area (TPSA) is 8.17 Å². The summed E-state index contributed by atoms with van der Waals surface area (Å²) >= 11 is 0. The van der Waals surface area contributed by atoms with Crippen LogP contribution in [0, 0.1) is 0 Å². The summed E-state index contributed by atoms with van der Waals surface area (Å²) in [5.74, 6) is 0. The molecular formula is C70H50N2Si. The Hall–Kier alpha value is -9.28. The maximum atomic E-state index is 2.47. The lowest BCUT2D eigenvalue weighted by atomic mass is 9.95. The minimum Gasteiger partial charge on any atom is -0.311 e. The lowest BCUT2D eigenvalue weighted by Crippen LogP contribution is -2.74. The molecule has 0 aliphatic carbocycles. The molecule has 344 valence electrons. The lowest BCUT2D eigenvalue weighted by molar-refractivity contribution is 1.18. The fraction of sp³-hybridized carbons (Fsp3) is 0. The minimum absolute atomic E-state index is 1.08. The number of aromatic nitrogens is 1. The van der Waals surface area contributed by atoms with E-state index in [1.165, 1.54) is 86.7 Å². The average molecular weight is 947 g/mol. The summed E-state index contributed by atoms with van der Waals surface area (Å²) in [6.07, 6.45) is 0. The number of fused-ring (bicyclic) bond motifs is 4. The maximum absolute atomic E-state index is 2.84. The van der Waals surface area contributed by atoms with Gasteiger partial charge >= 0.3 is 0 Å². The van der Waals surface area contributed by atoms with Gasteiger partial charge in [-0.2, -0.15) is 0 Å². The third-order valence-electron chi connectivity index (χ3n) is 14.7. The average Bonchev–Trinajstić information content (AvgIpc) is 3.82. The van der Waals surface area contributed by atoms with Gasteiger partial charge in [0.15, 0.2) is 8.07 Å². The van der Waals surface area contributed by atoms with Gasteiger partial charge in [0.05, 0.1) is 11.0 Å². The summed E-state index contributed by atoms with van der Waals surface area (Å²) in [4.78, 5) is 2.44. The summed E-state index contributed by atoms with van der Waals surface area (Å²) in [6.45, 7) is 0. The van der Waals surface area contributed by atoms with Crippen LogP contribution in [0.1, 0.15) is 0 Å². The first-order valence-corrected chi connectivity index (χ1v) is 27.2. The molecule has 1 heterocycles. The Morgan fingerprint density at radius 2 is 0.753 bits per heavy atom. The minimum atomic E-state index is -2.84. The van der Waals surface area contributed by atoms with Crippen molar-refractivity contribution in [2.24, 2.45) is 0 Å². The second-order valence-corrected chi connectivity index (χ2v) is 22.6. The second kappa shape index (κ2) is 18.8. The van der Waals surface area contributed by atoms with E-state index in [9.17, 15) is 0 Å². The summed E-state index contributed by atoms with van der Waals surface area (Å²) in [5, 5.41) is 10.3. The molecule has 13 aromatic rings. The van der Waals surface area contributed by atoms with Crippen molar-refractivity contribution in [3.05, 3.63) is 303 Å². The highest BCUT2D eigenvalue weighted by Gasteiger charge is 2.41. The molecule has 0 unspecified atom stereocenters. The number of hydrogen-bond acceptors (Lipinski definition) is 1. The molecule has 2 nitrogen and oxygen atoms in total. The van der Waals surface area contributed by atoms with E-state index < -0.39 is 8.07 Å². The van der Waals surface area contributed by atoms with Crippen LogP contribution in [0.5, 0.6) is 0 Å². The van der Waals surface area contributed by atoms with Crippen LogP contribution in [0.15, 0.2) is 303 Å². The third-order valence-corrected chi connectivity index (χ3v) is 19.5. The molecule has 0 atom stereocenters. The first-order valence-electron chi connectivity index (χ1n) is 25.2. The fourth-order valence-electron chi connectivity index (χ4n) is 11.4. The highest BCUT2D eigenvalue weighted by molar-refractivity contribution is 7.19. The number of benzene rings is 12. The SMILES string of the molecule is c1ccc(-c2cccc3ccc(-c4ccc(N(c5ccc(-c6cccc7c6c6ccccc6n7-c6ccccc6)cc5)c5cccc([Si](c6ccccc6)(c6ccccc6)c6ccccc6)c5)cc4)cc23)cc1. The Morgan fingerprint density at radius 1 is 0.274 bits per heavy atom. The molecule has 0 aliphatic rings. The van der Waals surface area contributed by atoms with Crippen molar-refractivity contribution in [2.45, 2.75) is 0 Å². The molecule has 3 heteroatoms. The smallest absolute Gasteiger partial charge is 0.179 e. The van der Waals surface area contributed by atoms with E-state index in [-0.39, 0.29) is 0 Å². The van der Waals surface area contributed by atoms with Gasteiger partial charge < -0.3 is 9.47 Å². The largest absolute Gasteiger partial charge is 0.311 e. The van der Waals surface area contributed by atoms with Crippen LogP contribution < -0.4 is 25.6 Å². The van der Waals surface area contributed by atoms with E-state index in [0.717, 1.165) is 22.7 Å². The third kappa shape index (κ3) is 7.75. The van der Waals surface area contributed by atoms with Gasteiger partial charge in [-0.25, -0.2) is 0 Å². The molecule has 0 radical (unpaired) electrons. The molecule has 13 rings (SSSR count).